The summed E-state index contributed by atoms with van der Waals surface area (Å²) in [6.45, 7) is 0.683. The molecule has 1 rings (SSSR count). The fourth-order valence-electron chi connectivity index (χ4n) is 0.577. The molecule has 0 fully saturated rings. The van der Waals surface area contributed by atoms with Crippen molar-refractivity contribution in [2.45, 2.75) is 6.42 Å². The number of nitrogens with one attached hydrogen (secondary N) is 1. The molecule has 7 nitrogen and oxygen atoms in total. The molecule has 1 aromatic rings. The lowest BCUT2D eigenvalue weighted by Crippen LogP contribution is -2.02. The molecule has 0 amide bonds. The van der Waals surface area contributed by atoms with E-state index in [0.717, 1.165) is 12.1 Å². The van der Waals surface area contributed by atoms with E-state index in [0.29, 0.717) is 6.54 Å². The first kappa shape index (κ1) is 12.0. The number of H-pyrrole nitrogens is 1. The van der Waals surface area contributed by atoms with E-state index in [2.05, 4.69) is 9.97 Å². The van der Waals surface area contributed by atoms with Gasteiger partial charge in [-0.2, -0.15) is 8.42 Å². The number of imidazole rings is 1. The normalized spacial score (nSPS) is 10.4. The maximum absolute atomic E-state index is 8.74. The van der Waals surface area contributed by atoms with Gasteiger partial charge in [0, 0.05) is 18.3 Å². The minimum Gasteiger partial charge on any atom is -0.348 e. The van der Waals surface area contributed by atoms with Gasteiger partial charge in [0.1, 0.15) is 0 Å². The van der Waals surface area contributed by atoms with Gasteiger partial charge in [0.15, 0.2) is 0 Å². The van der Waals surface area contributed by atoms with Crippen LogP contribution in [-0.4, -0.2) is 34.0 Å². The van der Waals surface area contributed by atoms with E-state index in [1.165, 1.54) is 0 Å². The Kier molecular flexibility index (Phi) is 5.23. The van der Waals surface area contributed by atoms with Gasteiger partial charge < -0.3 is 10.7 Å². The molecular formula is C5H11N3O4S. The van der Waals surface area contributed by atoms with Crippen LogP contribution in [-0.2, 0) is 16.8 Å². The summed E-state index contributed by atoms with van der Waals surface area (Å²) in [5.41, 5.74) is 6.38. The predicted molar refractivity (Wildman–Crippen MR) is 45.5 cm³/mol. The summed E-state index contributed by atoms with van der Waals surface area (Å²) in [6, 6.07) is 0. The van der Waals surface area contributed by atoms with Crippen molar-refractivity contribution in [3.63, 3.8) is 0 Å². The molecule has 0 aliphatic rings. The van der Waals surface area contributed by atoms with Crippen LogP contribution in [0.4, 0.5) is 0 Å². The molecule has 8 heteroatoms. The third-order valence-electron chi connectivity index (χ3n) is 0.969. The third kappa shape index (κ3) is 11.0. The van der Waals surface area contributed by atoms with Crippen LogP contribution in [0.25, 0.3) is 0 Å². The summed E-state index contributed by atoms with van der Waals surface area (Å²) in [5, 5.41) is 0. The second kappa shape index (κ2) is 5.65. The largest absolute Gasteiger partial charge is 0.394 e. The molecule has 0 spiro atoms. The smallest absolute Gasteiger partial charge is 0.348 e. The molecule has 0 aliphatic carbocycles. The van der Waals surface area contributed by atoms with Crippen molar-refractivity contribution < 1.29 is 17.5 Å². The minimum atomic E-state index is -4.67. The Labute approximate surface area is 75.6 Å². The van der Waals surface area contributed by atoms with Gasteiger partial charge in [-0.3, -0.25) is 9.11 Å². The first-order valence-electron chi connectivity index (χ1n) is 3.30. The zero-order chi connectivity index (χ0) is 10.3. The van der Waals surface area contributed by atoms with Crippen LogP contribution in [0, 0.1) is 0 Å². The van der Waals surface area contributed by atoms with Crippen LogP contribution in [0.3, 0.4) is 0 Å². The summed E-state index contributed by atoms with van der Waals surface area (Å²) in [7, 11) is -4.67. The monoisotopic (exact) mass is 209 g/mol. The summed E-state index contributed by atoms with van der Waals surface area (Å²) < 4.78 is 31.6. The van der Waals surface area contributed by atoms with Crippen molar-refractivity contribution in [1.82, 2.24) is 9.97 Å². The fraction of sp³-hybridized carbons (Fsp3) is 0.400. The Hall–Kier alpha value is -0.960. The third-order valence-corrected chi connectivity index (χ3v) is 0.969. The van der Waals surface area contributed by atoms with Crippen molar-refractivity contribution in [3.8, 4) is 0 Å². The highest BCUT2D eigenvalue weighted by Gasteiger charge is 1.87. The number of hydrogen-bond donors (Lipinski definition) is 4. The molecule has 5 N–H and O–H groups in total. The Morgan fingerprint density at radius 2 is 2.08 bits per heavy atom. The summed E-state index contributed by atoms with van der Waals surface area (Å²) >= 11 is 0. The van der Waals surface area contributed by atoms with Crippen molar-refractivity contribution in [1.29, 1.82) is 0 Å². The highest BCUT2D eigenvalue weighted by molar-refractivity contribution is 7.79. The number of nitrogens with two attached hydrogens (primary N) is 1. The molecule has 1 heterocycles. The van der Waals surface area contributed by atoms with Gasteiger partial charge in [0.2, 0.25) is 0 Å². The molecule has 1 aromatic heterocycles. The van der Waals surface area contributed by atoms with Crippen LogP contribution >= 0.6 is 0 Å². The summed E-state index contributed by atoms with van der Waals surface area (Å²) in [6.07, 6.45) is 4.33. The molecule has 0 aromatic carbocycles. The highest BCUT2D eigenvalue weighted by atomic mass is 32.3. The van der Waals surface area contributed by atoms with Crippen molar-refractivity contribution in [2.75, 3.05) is 6.54 Å². The molecule has 0 saturated heterocycles. The first-order valence-corrected chi connectivity index (χ1v) is 4.70. The number of aromatic nitrogens is 2. The zero-order valence-corrected chi connectivity index (χ0v) is 7.53. The second-order valence-corrected chi connectivity index (χ2v) is 2.96. The summed E-state index contributed by atoms with van der Waals surface area (Å²) in [5.74, 6) is 0. The van der Waals surface area contributed by atoms with Crippen LogP contribution in [0.5, 0.6) is 0 Å². The van der Waals surface area contributed by atoms with Gasteiger partial charge in [0.25, 0.3) is 0 Å². The van der Waals surface area contributed by atoms with E-state index >= 15 is 0 Å². The molecule has 0 radical (unpaired) electrons. The van der Waals surface area contributed by atoms with E-state index < -0.39 is 10.4 Å². The lowest BCUT2D eigenvalue weighted by molar-refractivity contribution is 0.381. The molecule has 76 valence electrons. The molecule has 13 heavy (non-hydrogen) atoms. The molecule has 0 aliphatic heterocycles. The van der Waals surface area contributed by atoms with Gasteiger partial charge in [0.05, 0.1) is 6.33 Å². The summed E-state index contributed by atoms with van der Waals surface area (Å²) in [4.78, 5) is 6.78. The Morgan fingerprint density at radius 1 is 1.54 bits per heavy atom. The molecule has 0 atom stereocenters. The van der Waals surface area contributed by atoms with Gasteiger partial charge in [-0.25, -0.2) is 4.98 Å². The Balaban J connectivity index is 0.000000252. The molecular weight excluding hydrogens is 198 g/mol. The topological polar surface area (TPSA) is 129 Å². The van der Waals surface area contributed by atoms with Gasteiger partial charge >= 0.3 is 10.4 Å². The Bertz CT molecular complexity index is 299. The lowest BCUT2D eigenvalue weighted by atomic mass is 10.3. The van der Waals surface area contributed by atoms with E-state index in [1.807, 2.05) is 0 Å². The van der Waals surface area contributed by atoms with Gasteiger partial charge in [-0.15, -0.1) is 0 Å². The van der Waals surface area contributed by atoms with Crippen molar-refractivity contribution in [2.24, 2.45) is 5.73 Å². The quantitative estimate of drug-likeness (QED) is 0.474. The van der Waals surface area contributed by atoms with Crippen molar-refractivity contribution in [3.05, 3.63) is 18.2 Å². The molecule has 0 unspecified atom stereocenters. The SMILES string of the molecule is NCCc1cnc[nH]1.O=S(=O)(O)O. The predicted octanol–water partition coefficient (Wildman–Crippen LogP) is -0.742. The maximum Gasteiger partial charge on any atom is 0.394 e. The fourth-order valence-corrected chi connectivity index (χ4v) is 0.577. The standard InChI is InChI=1S/C5H9N3.H2O4S/c6-2-1-5-3-7-4-8-5;1-5(2,3)4/h3-4H,1-2,6H2,(H,7,8);(H2,1,2,3,4). The average Bonchev–Trinajstić information content (AvgIpc) is 2.36. The molecule has 0 bridgehead atoms. The number of rotatable bonds is 2. The number of nitrogens with zero attached hydrogens (tertiary/aromatic N) is 1. The highest BCUT2D eigenvalue weighted by Crippen LogP contribution is 1.88. The average molecular weight is 209 g/mol. The van der Waals surface area contributed by atoms with Crippen molar-refractivity contribution >= 4 is 10.4 Å². The zero-order valence-electron chi connectivity index (χ0n) is 6.71. The minimum absolute atomic E-state index is 0.683. The van der Waals surface area contributed by atoms with E-state index in [9.17, 15) is 0 Å². The Morgan fingerprint density at radius 3 is 2.38 bits per heavy atom. The van der Waals surface area contributed by atoms with Crippen LogP contribution in [0.2, 0.25) is 0 Å². The van der Waals surface area contributed by atoms with E-state index in [1.54, 1.807) is 12.5 Å². The lowest BCUT2D eigenvalue weighted by Gasteiger charge is -1.86. The van der Waals surface area contributed by atoms with Crippen LogP contribution < -0.4 is 5.73 Å². The van der Waals surface area contributed by atoms with Crippen LogP contribution in [0.1, 0.15) is 5.69 Å². The second-order valence-electron chi connectivity index (χ2n) is 2.06. The van der Waals surface area contributed by atoms with Crippen LogP contribution in [0.15, 0.2) is 12.5 Å². The van der Waals surface area contributed by atoms with E-state index in [-0.39, 0.29) is 0 Å². The number of aromatic amines is 1. The maximum atomic E-state index is 8.74. The first-order chi connectivity index (χ1) is 5.93. The van der Waals surface area contributed by atoms with Gasteiger partial charge in [-0.05, 0) is 6.54 Å². The number of hydrogen-bond acceptors (Lipinski definition) is 4. The molecule has 0 saturated carbocycles. The van der Waals surface area contributed by atoms with E-state index in [4.69, 9.17) is 23.3 Å². The van der Waals surface area contributed by atoms with Gasteiger partial charge in [-0.1, -0.05) is 0 Å².